The number of benzene rings is 1. The molecule has 0 saturated carbocycles. The van der Waals surface area contributed by atoms with Crippen molar-refractivity contribution in [2.75, 3.05) is 7.05 Å². The fourth-order valence-electron chi connectivity index (χ4n) is 4.01. The van der Waals surface area contributed by atoms with Crippen molar-refractivity contribution in [2.45, 2.75) is 38.8 Å². The lowest BCUT2D eigenvalue weighted by molar-refractivity contribution is -0.136. The molecule has 0 spiro atoms. The Labute approximate surface area is 156 Å². The van der Waals surface area contributed by atoms with E-state index in [0.717, 1.165) is 35.0 Å². The second kappa shape index (κ2) is 6.57. The summed E-state index contributed by atoms with van der Waals surface area (Å²) < 4.78 is 7.19. The smallest absolute Gasteiger partial charge is 0.307 e. The Hall–Kier alpha value is -3.09. The van der Waals surface area contributed by atoms with E-state index < -0.39 is 5.97 Å². The molecule has 1 aliphatic rings. The van der Waals surface area contributed by atoms with E-state index in [1.807, 2.05) is 24.3 Å². The summed E-state index contributed by atoms with van der Waals surface area (Å²) in [5.74, 6) is -0.389. The molecule has 1 amide bonds. The summed E-state index contributed by atoms with van der Waals surface area (Å²) in [6.45, 7) is 2.39. The zero-order chi connectivity index (χ0) is 19.1. The van der Waals surface area contributed by atoms with Crippen LogP contribution in [0.1, 0.15) is 33.9 Å². The van der Waals surface area contributed by atoms with E-state index in [2.05, 4.69) is 9.72 Å². The highest BCUT2D eigenvalue weighted by Crippen LogP contribution is 2.32. The fraction of sp³-hybridized carbons (Fsp3) is 0.350. The molecular formula is C20H21N3O4. The third-order valence-corrected chi connectivity index (χ3v) is 5.34. The summed E-state index contributed by atoms with van der Waals surface area (Å²) in [6.07, 6.45) is 1.53. The summed E-state index contributed by atoms with van der Waals surface area (Å²) >= 11 is 0. The van der Waals surface area contributed by atoms with Gasteiger partial charge in [0.2, 0.25) is 0 Å². The third kappa shape index (κ3) is 2.99. The highest BCUT2D eigenvalue weighted by Gasteiger charge is 2.30. The van der Waals surface area contributed by atoms with E-state index in [0.29, 0.717) is 18.0 Å². The maximum Gasteiger partial charge on any atom is 0.307 e. The average Bonchev–Trinajstić information content (AvgIpc) is 3.22. The van der Waals surface area contributed by atoms with Crippen molar-refractivity contribution in [3.05, 3.63) is 53.0 Å². The zero-order valence-electron chi connectivity index (χ0n) is 15.3. The van der Waals surface area contributed by atoms with Gasteiger partial charge in [-0.3, -0.25) is 9.59 Å². The number of fused-ring (bicyclic) bond motifs is 3. The topological polar surface area (TPSA) is 88.6 Å². The van der Waals surface area contributed by atoms with E-state index in [9.17, 15) is 14.7 Å². The number of hydrogen-bond acceptors (Lipinski definition) is 4. The van der Waals surface area contributed by atoms with Gasteiger partial charge in [-0.05, 0) is 31.4 Å². The van der Waals surface area contributed by atoms with Crippen LogP contribution >= 0.6 is 0 Å². The van der Waals surface area contributed by atoms with Crippen LogP contribution in [0.2, 0.25) is 0 Å². The molecule has 4 rings (SSSR count). The monoisotopic (exact) mass is 367 g/mol. The summed E-state index contributed by atoms with van der Waals surface area (Å²) in [5.41, 5.74) is 3.28. The fourth-order valence-corrected chi connectivity index (χ4v) is 4.01. The van der Waals surface area contributed by atoms with Gasteiger partial charge in [-0.1, -0.05) is 23.4 Å². The molecule has 7 heteroatoms. The van der Waals surface area contributed by atoms with Crippen molar-refractivity contribution < 1.29 is 19.2 Å². The minimum Gasteiger partial charge on any atom is -0.481 e. The maximum absolute atomic E-state index is 12.7. The van der Waals surface area contributed by atoms with E-state index in [1.165, 1.54) is 0 Å². The molecule has 0 aliphatic carbocycles. The molecule has 3 aromatic rings. The second-order valence-electron chi connectivity index (χ2n) is 7.05. The largest absolute Gasteiger partial charge is 0.481 e. The van der Waals surface area contributed by atoms with E-state index in [-0.39, 0.29) is 18.4 Å². The van der Waals surface area contributed by atoms with Crippen LogP contribution in [0.25, 0.3) is 10.9 Å². The number of aliphatic carboxylic acids is 1. The molecule has 1 aliphatic heterocycles. The summed E-state index contributed by atoms with van der Waals surface area (Å²) in [7, 11) is 1.78. The number of para-hydroxylation sites is 1. The van der Waals surface area contributed by atoms with Crippen molar-refractivity contribution >= 4 is 22.8 Å². The first kappa shape index (κ1) is 17.3. The third-order valence-electron chi connectivity index (χ3n) is 5.34. The van der Waals surface area contributed by atoms with Gasteiger partial charge in [-0.2, -0.15) is 0 Å². The van der Waals surface area contributed by atoms with Crippen molar-refractivity contribution in [3.8, 4) is 0 Å². The van der Waals surface area contributed by atoms with Crippen LogP contribution < -0.4 is 0 Å². The first-order valence-corrected chi connectivity index (χ1v) is 8.97. The molecule has 1 N–H and O–H groups in total. The summed E-state index contributed by atoms with van der Waals surface area (Å²) in [6, 6.07) is 9.52. The van der Waals surface area contributed by atoms with Crippen LogP contribution in [0.5, 0.6) is 0 Å². The maximum atomic E-state index is 12.7. The number of carbonyl (C=O) groups excluding carboxylic acids is 1. The molecule has 3 heterocycles. The number of aromatic nitrogens is 2. The van der Waals surface area contributed by atoms with Crippen LogP contribution in [-0.2, 0) is 24.2 Å². The first-order valence-electron chi connectivity index (χ1n) is 8.97. The predicted molar refractivity (Wildman–Crippen MR) is 98.7 cm³/mol. The SMILES string of the molecule is Cc1cc(C(=O)N(C)C2CCc3c(CC(=O)O)c4ccccc4n3C2)no1. The number of carboxylic acids is 1. The van der Waals surface area contributed by atoms with Gasteiger partial charge < -0.3 is 19.1 Å². The molecule has 7 nitrogen and oxygen atoms in total. The molecule has 0 saturated heterocycles. The molecule has 1 aromatic carbocycles. The number of amides is 1. The Morgan fingerprint density at radius 1 is 1.37 bits per heavy atom. The van der Waals surface area contributed by atoms with Crippen LogP contribution in [0, 0.1) is 6.92 Å². The quantitative estimate of drug-likeness (QED) is 0.766. The van der Waals surface area contributed by atoms with E-state index >= 15 is 0 Å². The van der Waals surface area contributed by atoms with Crippen LogP contribution in [0.4, 0.5) is 0 Å². The lowest BCUT2D eigenvalue weighted by Crippen LogP contribution is -2.42. The normalized spacial score (nSPS) is 16.3. The molecule has 0 bridgehead atoms. The van der Waals surface area contributed by atoms with Gasteiger partial charge in [0.25, 0.3) is 5.91 Å². The van der Waals surface area contributed by atoms with Gasteiger partial charge in [-0.15, -0.1) is 0 Å². The van der Waals surface area contributed by atoms with Gasteiger partial charge >= 0.3 is 5.97 Å². The molecule has 140 valence electrons. The summed E-state index contributed by atoms with van der Waals surface area (Å²) in [4.78, 5) is 25.8. The number of aryl methyl sites for hydroxylation is 1. The predicted octanol–water partition coefficient (Wildman–Crippen LogP) is 2.65. The Balaban J connectivity index is 1.67. The number of carbonyl (C=O) groups is 2. The number of rotatable bonds is 4. The lowest BCUT2D eigenvalue weighted by atomic mass is 9.99. The average molecular weight is 367 g/mol. The molecule has 27 heavy (non-hydrogen) atoms. The van der Waals surface area contributed by atoms with Gasteiger partial charge in [0.15, 0.2) is 5.69 Å². The Kier molecular flexibility index (Phi) is 4.22. The Morgan fingerprint density at radius 3 is 2.85 bits per heavy atom. The number of carboxylic acid groups (broad SMARTS) is 1. The van der Waals surface area contributed by atoms with E-state index in [1.54, 1.807) is 24.9 Å². The second-order valence-corrected chi connectivity index (χ2v) is 7.05. The highest BCUT2D eigenvalue weighted by atomic mass is 16.5. The Morgan fingerprint density at radius 2 is 2.15 bits per heavy atom. The lowest BCUT2D eigenvalue weighted by Gasteiger charge is -2.33. The molecule has 0 fully saturated rings. The van der Waals surface area contributed by atoms with Crippen molar-refractivity contribution in [1.29, 1.82) is 0 Å². The van der Waals surface area contributed by atoms with Gasteiger partial charge in [-0.25, -0.2) is 0 Å². The van der Waals surface area contributed by atoms with Crippen molar-refractivity contribution in [1.82, 2.24) is 14.6 Å². The van der Waals surface area contributed by atoms with Gasteiger partial charge in [0.1, 0.15) is 5.76 Å². The summed E-state index contributed by atoms with van der Waals surface area (Å²) in [5, 5.41) is 14.1. The van der Waals surface area contributed by atoms with Crippen molar-refractivity contribution in [3.63, 3.8) is 0 Å². The molecule has 0 radical (unpaired) electrons. The van der Waals surface area contributed by atoms with Crippen LogP contribution in [0.3, 0.4) is 0 Å². The first-order chi connectivity index (χ1) is 13.0. The Bertz CT molecular complexity index is 1030. The number of hydrogen-bond donors (Lipinski definition) is 1. The highest BCUT2D eigenvalue weighted by molar-refractivity contribution is 5.92. The molecule has 2 aromatic heterocycles. The molecule has 1 atom stereocenters. The zero-order valence-corrected chi connectivity index (χ0v) is 15.3. The molecule has 1 unspecified atom stereocenters. The minimum atomic E-state index is -0.829. The minimum absolute atomic E-state index is 0.00971. The molecular weight excluding hydrogens is 346 g/mol. The number of likely N-dealkylation sites (N-methyl/N-ethyl adjacent to an activating group) is 1. The van der Waals surface area contributed by atoms with Crippen LogP contribution in [0.15, 0.2) is 34.9 Å². The van der Waals surface area contributed by atoms with Gasteiger partial charge in [0, 0.05) is 36.3 Å². The van der Waals surface area contributed by atoms with E-state index in [4.69, 9.17) is 4.52 Å². The van der Waals surface area contributed by atoms with Crippen molar-refractivity contribution in [2.24, 2.45) is 0 Å². The van der Waals surface area contributed by atoms with Crippen LogP contribution in [-0.4, -0.2) is 44.7 Å². The van der Waals surface area contributed by atoms with Gasteiger partial charge in [0.05, 0.1) is 12.5 Å². The number of nitrogens with zero attached hydrogens (tertiary/aromatic N) is 3. The standard InChI is InChI=1S/C20H21N3O4/c1-12-9-16(21-27-12)20(26)22(2)13-7-8-18-15(10-19(24)25)14-5-3-4-6-17(14)23(18)11-13/h3-6,9,13H,7-8,10-11H2,1-2H3,(H,24,25).